The van der Waals surface area contributed by atoms with Crippen LogP contribution in [0.4, 0.5) is 11.4 Å². The molecular weight excluding hydrogens is 316 g/mol. The second kappa shape index (κ2) is 9.42. The van der Waals surface area contributed by atoms with Gasteiger partial charge in [-0.3, -0.25) is 14.5 Å². The first-order chi connectivity index (χ1) is 12.0. The molecule has 0 atom stereocenters. The van der Waals surface area contributed by atoms with Crippen molar-refractivity contribution < 1.29 is 9.59 Å². The van der Waals surface area contributed by atoms with Crippen LogP contribution in [0, 0.1) is 0 Å². The van der Waals surface area contributed by atoms with Crippen molar-refractivity contribution in [2.45, 2.75) is 27.2 Å². The first-order valence-electron chi connectivity index (χ1n) is 9.16. The van der Waals surface area contributed by atoms with E-state index in [2.05, 4.69) is 29.0 Å². The molecule has 2 amide bonds. The fraction of sp³-hybridized carbons (Fsp3) is 0.579. The van der Waals surface area contributed by atoms with Crippen molar-refractivity contribution in [3.8, 4) is 0 Å². The maximum Gasteiger partial charge on any atom is 0.225 e. The molecule has 2 rings (SSSR count). The summed E-state index contributed by atoms with van der Waals surface area (Å²) in [4.78, 5) is 29.8. The van der Waals surface area contributed by atoms with E-state index >= 15 is 0 Å². The standard InChI is InChI=1S/C19H30N4O2/c1-4-22(5-2)18-8-6-17(7-9-18)20-19(25)10-11-21-12-14-23(15-13-21)16(3)24/h6-9H,4-5,10-15H2,1-3H3,(H,20,25). The number of amides is 2. The second-order valence-electron chi connectivity index (χ2n) is 6.37. The zero-order valence-electron chi connectivity index (χ0n) is 15.6. The fourth-order valence-electron chi connectivity index (χ4n) is 3.11. The van der Waals surface area contributed by atoms with Gasteiger partial charge >= 0.3 is 0 Å². The van der Waals surface area contributed by atoms with Gasteiger partial charge in [-0.05, 0) is 38.1 Å². The lowest BCUT2D eigenvalue weighted by molar-refractivity contribution is -0.130. The highest BCUT2D eigenvalue weighted by molar-refractivity contribution is 5.91. The van der Waals surface area contributed by atoms with E-state index in [1.54, 1.807) is 6.92 Å². The van der Waals surface area contributed by atoms with Crippen LogP contribution in [0.3, 0.4) is 0 Å². The molecule has 1 aromatic carbocycles. The number of anilines is 2. The Hall–Kier alpha value is -2.08. The molecule has 25 heavy (non-hydrogen) atoms. The van der Waals surface area contributed by atoms with Crippen molar-refractivity contribution in [2.75, 3.05) is 56.0 Å². The summed E-state index contributed by atoms with van der Waals surface area (Å²) >= 11 is 0. The number of hydrogen-bond acceptors (Lipinski definition) is 4. The molecule has 1 N–H and O–H groups in total. The normalized spacial score (nSPS) is 15.1. The molecule has 1 fully saturated rings. The van der Waals surface area contributed by atoms with E-state index in [9.17, 15) is 9.59 Å². The lowest BCUT2D eigenvalue weighted by atomic mass is 10.2. The molecule has 1 aliphatic rings. The number of nitrogens with one attached hydrogen (secondary N) is 1. The van der Waals surface area contributed by atoms with Crippen LogP contribution in [0.1, 0.15) is 27.2 Å². The monoisotopic (exact) mass is 346 g/mol. The zero-order valence-corrected chi connectivity index (χ0v) is 15.6. The maximum absolute atomic E-state index is 12.1. The van der Waals surface area contributed by atoms with Gasteiger partial charge in [0.1, 0.15) is 0 Å². The van der Waals surface area contributed by atoms with E-state index in [0.717, 1.165) is 51.5 Å². The number of piperazine rings is 1. The van der Waals surface area contributed by atoms with E-state index in [0.29, 0.717) is 6.42 Å². The minimum absolute atomic E-state index is 0.0320. The molecule has 0 aliphatic carbocycles. The highest BCUT2D eigenvalue weighted by Crippen LogP contribution is 2.17. The molecule has 1 aromatic rings. The van der Waals surface area contributed by atoms with Crippen LogP contribution in [0.5, 0.6) is 0 Å². The van der Waals surface area contributed by atoms with E-state index in [4.69, 9.17) is 0 Å². The summed E-state index contributed by atoms with van der Waals surface area (Å²) in [6, 6.07) is 8.00. The Morgan fingerprint density at radius 2 is 1.64 bits per heavy atom. The molecule has 0 unspecified atom stereocenters. The second-order valence-corrected chi connectivity index (χ2v) is 6.37. The van der Waals surface area contributed by atoms with Gasteiger partial charge in [0.25, 0.3) is 0 Å². The Kier molecular flexibility index (Phi) is 7.25. The number of nitrogens with zero attached hydrogens (tertiary/aromatic N) is 3. The quantitative estimate of drug-likeness (QED) is 0.821. The van der Waals surface area contributed by atoms with Gasteiger partial charge in [-0.25, -0.2) is 0 Å². The van der Waals surface area contributed by atoms with Gasteiger partial charge in [0.05, 0.1) is 0 Å². The predicted molar refractivity (Wildman–Crippen MR) is 102 cm³/mol. The van der Waals surface area contributed by atoms with Gasteiger partial charge in [-0.2, -0.15) is 0 Å². The number of carbonyl (C=O) groups is 2. The predicted octanol–water partition coefficient (Wildman–Crippen LogP) is 2.03. The number of rotatable bonds is 7. The van der Waals surface area contributed by atoms with Crippen molar-refractivity contribution in [3.63, 3.8) is 0 Å². The highest BCUT2D eigenvalue weighted by Gasteiger charge is 2.18. The Morgan fingerprint density at radius 1 is 1.04 bits per heavy atom. The Bertz CT molecular complexity index is 561. The van der Waals surface area contributed by atoms with Crippen LogP contribution in [-0.2, 0) is 9.59 Å². The molecule has 6 nitrogen and oxygen atoms in total. The molecule has 1 heterocycles. The van der Waals surface area contributed by atoms with E-state index < -0.39 is 0 Å². The summed E-state index contributed by atoms with van der Waals surface area (Å²) in [5, 5.41) is 2.96. The Morgan fingerprint density at radius 3 is 2.16 bits per heavy atom. The zero-order chi connectivity index (χ0) is 18.2. The van der Waals surface area contributed by atoms with Crippen molar-refractivity contribution in [2.24, 2.45) is 0 Å². The average Bonchev–Trinajstić information content (AvgIpc) is 2.63. The molecule has 0 spiro atoms. The summed E-state index contributed by atoms with van der Waals surface area (Å²) in [6.45, 7) is 11.7. The third kappa shape index (κ3) is 5.74. The minimum atomic E-state index is 0.0320. The summed E-state index contributed by atoms with van der Waals surface area (Å²) in [7, 11) is 0. The van der Waals surface area contributed by atoms with Crippen molar-refractivity contribution in [1.82, 2.24) is 9.80 Å². The first kappa shape index (κ1) is 19.2. The first-order valence-corrected chi connectivity index (χ1v) is 9.16. The van der Waals surface area contributed by atoms with Crippen LogP contribution < -0.4 is 10.2 Å². The fourth-order valence-corrected chi connectivity index (χ4v) is 3.11. The molecule has 1 saturated heterocycles. The van der Waals surface area contributed by atoms with Crippen molar-refractivity contribution >= 4 is 23.2 Å². The summed E-state index contributed by atoms with van der Waals surface area (Å²) in [5.74, 6) is 0.162. The lowest BCUT2D eigenvalue weighted by Gasteiger charge is -2.34. The smallest absolute Gasteiger partial charge is 0.225 e. The molecule has 0 aromatic heterocycles. The number of carbonyl (C=O) groups excluding carboxylic acids is 2. The molecule has 0 radical (unpaired) electrons. The van der Waals surface area contributed by atoms with Crippen LogP contribution in [0.2, 0.25) is 0 Å². The Balaban J connectivity index is 1.74. The molecule has 138 valence electrons. The highest BCUT2D eigenvalue weighted by atomic mass is 16.2. The van der Waals surface area contributed by atoms with Crippen LogP contribution in [0.25, 0.3) is 0 Å². The maximum atomic E-state index is 12.1. The molecule has 1 aliphatic heterocycles. The Labute approximate surface area is 150 Å². The lowest BCUT2D eigenvalue weighted by Crippen LogP contribution is -2.48. The number of benzene rings is 1. The van der Waals surface area contributed by atoms with Crippen LogP contribution >= 0.6 is 0 Å². The summed E-state index contributed by atoms with van der Waals surface area (Å²) in [6.07, 6.45) is 0.470. The van der Waals surface area contributed by atoms with E-state index in [1.807, 2.05) is 29.2 Å². The number of hydrogen-bond donors (Lipinski definition) is 1. The molecule has 0 saturated carbocycles. The van der Waals surface area contributed by atoms with Crippen LogP contribution in [0.15, 0.2) is 24.3 Å². The summed E-state index contributed by atoms with van der Waals surface area (Å²) in [5.41, 5.74) is 2.01. The SMILES string of the molecule is CCN(CC)c1ccc(NC(=O)CCN2CCN(C(C)=O)CC2)cc1. The van der Waals surface area contributed by atoms with E-state index in [-0.39, 0.29) is 11.8 Å². The van der Waals surface area contributed by atoms with Gasteiger partial charge in [0.15, 0.2) is 0 Å². The van der Waals surface area contributed by atoms with Gasteiger partial charge in [0, 0.05) is 70.5 Å². The topological polar surface area (TPSA) is 55.9 Å². The van der Waals surface area contributed by atoms with Gasteiger partial charge < -0.3 is 15.1 Å². The van der Waals surface area contributed by atoms with Gasteiger partial charge in [-0.1, -0.05) is 0 Å². The largest absolute Gasteiger partial charge is 0.372 e. The van der Waals surface area contributed by atoms with Gasteiger partial charge in [0.2, 0.25) is 11.8 Å². The average molecular weight is 346 g/mol. The summed E-state index contributed by atoms with van der Waals surface area (Å²) < 4.78 is 0. The third-order valence-corrected chi connectivity index (χ3v) is 4.75. The van der Waals surface area contributed by atoms with Gasteiger partial charge in [-0.15, -0.1) is 0 Å². The molecular formula is C19H30N4O2. The minimum Gasteiger partial charge on any atom is -0.372 e. The van der Waals surface area contributed by atoms with E-state index in [1.165, 1.54) is 5.69 Å². The van der Waals surface area contributed by atoms with Crippen LogP contribution in [-0.4, -0.2) is 67.4 Å². The van der Waals surface area contributed by atoms with Crippen molar-refractivity contribution in [3.05, 3.63) is 24.3 Å². The third-order valence-electron chi connectivity index (χ3n) is 4.75. The van der Waals surface area contributed by atoms with Crippen molar-refractivity contribution in [1.29, 1.82) is 0 Å². The molecule has 6 heteroatoms. The molecule has 0 bridgehead atoms.